The molecule has 0 aromatic heterocycles. The molecule has 0 unspecified atom stereocenters. The molecule has 2 aromatic rings. The van der Waals surface area contributed by atoms with Gasteiger partial charge in [0.1, 0.15) is 17.4 Å². The van der Waals surface area contributed by atoms with Gasteiger partial charge >= 0.3 is 0 Å². The Labute approximate surface area is 162 Å². The SMILES string of the molecule is CCC(=O)N(Cc1ccc(F)cc1F)C[C@H]1CC(c2ccccc2OC)=NO1. The topological polar surface area (TPSA) is 51.1 Å². The highest BCUT2D eigenvalue weighted by Crippen LogP contribution is 2.25. The standard InChI is InChI=1S/C21H22F2N2O3/c1-3-21(26)25(12-14-8-9-15(22)10-18(14)23)13-16-11-19(24-28-16)17-6-4-5-7-20(17)27-2/h4-10,16H,3,11-13H2,1-2H3/t16-/m1/s1. The third kappa shape index (κ3) is 4.47. The number of methoxy groups -OCH3 is 1. The van der Waals surface area contributed by atoms with Gasteiger partial charge in [0, 0.05) is 36.6 Å². The number of hydrogen-bond donors (Lipinski definition) is 0. The van der Waals surface area contributed by atoms with Crippen molar-refractivity contribution in [2.24, 2.45) is 5.16 Å². The normalized spacial score (nSPS) is 15.7. The van der Waals surface area contributed by atoms with Crippen molar-refractivity contribution in [1.82, 2.24) is 4.90 Å². The lowest BCUT2D eigenvalue weighted by molar-refractivity contribution is -0.133. The van der Waals surface area contributed by atoms with Gasteiger partial charge in [-0.05, 0) is 18.2 Å². The summed E-state index contributed by atoms with van der Waals surface area (Å²) < 4.78 is 32.5. The van der Waals surface area contributed by atoms with Crippen molar-refractivity contribution in [2.45, 2.75) is 32.4 Å². The lowest BCUT2D eigenvalue weighted by Crippen LogP contribution is -2.37. The number of carbonyl (C=O) groups excluding carboxylic acids is 1. The van der Waals surface area contributed by atoms with E-state index in [9.17, 15) is 13.6 Å². The number of nitrogens with zero attached hydrogens (tertiary/aromatic N) is 2. The minimum atomic E-state index is -0.674. The van der Waals surface area contributed by atoms with Crippen molar-refractivity contribution in [3.63, 3.8) is 0 Å². The maximum absolute atomic E-state index is 14.0. The average Bonchev–Trinajstić information content (AvgIpc) is 3.17. The van der Waals surface area contributed by atoms with Crippen LogP contribution < -0.4 is 4.74 Å². The molecular weight excluding hydrogens is 366 g/mol. The van der Waals surface area contributed by atoms with Crippen LogP contribution in [0.15, 0.2) is 47.6 Å². The molecule has 0 saturated heterocycles. The van der Waals surface area contributed by atoms with Gasteiger partial charge in [0.25, 0.3) is 0 Å². The van der Waals surface area contributed by atoms with Crippen molar-refractivity contribution < 1.29 is 23.1 Å². The zero-order chi connectivity index (χ0) is 20.1. The summed E-state index contributed by atoms with van der Waals surface area (Å²) in [5.41, 5.74) is 1.83. The fraction of sp³-hybridized carbons (Fsp3) is 0.333. The molecule has 28 heavy (non-hydrogen) atoms. The molecule has 1 atom stereocenters. The summed E-state index contributed by atoms with van der Waals surface area (Å²) in [5, 5.41) is 4.15. The lowest BCUT2D eigenvalue weighted by Gasteiger charge is -2.24. The predicted molar refractivity (Wildman–Crippen MR) is 101 cm³/mol. The number of hydrogen-bond acceptors (Lipinski definition) is 4. The molecule has 0 N–H and O–H groups in total. The number of benzene rings is 2. The van der Waals surface area contributed by atoms with Gasteiger partial charge in [-0.15, -0.1) is 0 Å². The summed E-state index contributed by atoms with van der Waals surface area (Å²) >= 11 is 0. The van der Waals surface area contributed by atoms with Crippen LogP contribution in [0.25, 0.3) is 0 Å². The fourth-order valence-corrected chi connectivity index (χ4v) is 3.15. The van der Waals surface area contributed by atoms with Crippen LogP contribution in [0.5, 0.6) is 5.75 Å². The molecule has 5 nitrogen and oxygen atoms in total. The van der Waals surface area contributed by atoms with Crippen LogP contribution in [0, 0.1) is 11.6 Å². The second kappa shape index (κ2) is 8.82. The van der Waals surface area contributed by atoms with E-state index in [1.54, 1.807) is 14.0 Å². The second-order valence-corrected chi connectivity index (χ2v) is 6.53. The molecule has 7 heteroatoms. The Morgan fingerprint density at radius 3 is 2.79 bits per heavy atom. The number of halogens is 2. The van der Waals surface area contributed by atoms with Gasteiger partial charge in [0.05, 0.1) is 19.4 Å². The van der Waals surface area contributed by atoms with Crippen LogP contribution in [0.4, 0.5) is 8.78 Å². The molecule has 2 aromatic carbocycles. The molecule has 148 valence electrons. The maximum atomic E-state index is 14.0. The van der Waals surface area contributed by atoms with Crippen molar-refractivity contribution in [2.75, 3.05) is 13.7 Å². The third-order valence-electron chi connectivity index (χ3n) is 4.61. The second-order valence-electron chi connectivity index (χ2n) is 6.53. The third-order valence-corrected chi connectivity index (χ3v) is 4.61. The van der Waals surface area contributed by atoms with Crippen LogP contribution in [-0.2, 0) is 16.2 Å². The first-order chi connectivity index (χ1) is 13.5. The molecule has 0 aliphatic carbocycles. The molecule has 0 saturated carbocycles. The Morgan fingerprint density at radius 1 is 1.29 bits per heavy atom. The van der Waals surface area contributed by atoms with Crippen LogP contribution in [-0.4, -0.2) is 36.3 Å². The molecule has 0 spiro atoms. The Kier molecular flexibility index (Phi) is 6.23. The largest absolute Gasteiger partial charge is 0.496 e. The molecular formula is C21H22F2N2O3. The predicted octanol–water partition coefficient (Wildman–Crippen LogP) is 3.91. The van der Waals surface area contributed by atoms with E-state index in [0.717, 1.165) is 17.3 Å². The van der Waals surface area contributed by atoms with Gasteiger partial charge in [0.15, 0.2) is 6.10 Å². The molecule has 0 bridgehead atoms. The Hall–Kier alpha value is -2.96. The van der Waals surface area contributed by atoms with E-state index >= 15 is 0 Å². The molecule has 1 aliphatic rings. The first kappa shape index (κ1) is 19.8. The molecule has 1 heterocycles. The highest BCUT2D eigenvalue weighted by molar-refractivity contribution is 6.03. The Bertz CT molecular complexity index is 886. The van der Waals surface area contributed by atoms with Crippen molar-refractivity contribution in [3.05, 3.63) is 65.2 Å². The summed E-state index contributed by atoms with van der Waals surface area (Å²) in [7, 11) is 1.59. The fourth-order valence-electron chi connectivity index (χ4n) is 3.15. The van der Waals surface area contributed by atoms with Crippen LogP contribution in [0.3, 0.4) is 0 Å². The van der Waals surface area contributed by atoms with Gasteiger partial charge in [-0.3, -0.25) is 4.79 Å². The van der Waals surface area contributed by atoms with Crippen molar-refractivity contribution in [1.29, 1.82) is 0 Å². The van der Waals surface area contributed by atoms with Gasteiger partial charge in [-0.1, -0.05) is 30.3 Å². The van der Waals surface area contributed by atoms with E-state index in [4.69, 9.17) is 9.57 Å². The molecule has 1 amide bonds. The van der Waals surface area contributed by atoms with E-state index in [-0.39, 0.29) is 37.1 Å². The summed E-state index contributed by atoms with van der Waals surface area (Å²) in [6.45, 7) is 2.04. The van der Waals surface area contributed by atoms with E-state index < -0.39 is 11.6 Å². The van der Waals surface area contributed by atoms with Gasteiger partial charge in [-0.25, -0.2) is 8.78 Å². The number of oxime groups is 1. The summed E-state index contributed by atoms with van der Waals surface area (Å²) in [6.07, 6.45) is 0.425. The summed E-state index contributed by atoms with van der Waals surface area (Å²) in [5.74, 6) is -0.769. The molecule has 0 radical (unpaired) electrons. The van der Waals surface area contributed by atoms with E-state index in [0.29, 0.717) is 12.2 Å². The van der Waals surface area contributed by atoms with Gasteiger partial charge in [0.2, 0.25) is 5.91 Å². The highest BCUT2D eigenvalue weighted by Gasteiger charge is 2.28. The first-order valence-electron chi connectivity index (χ1n) is 9.09. The Morgan fingerprint density at radius 2 is 2.07 bits per heavy atom. The number of carbonyl (C=O) groups is 1. The van der Waals surface area contributed by atoms with Gasteiger partial charge in [-0.2, -0.15) is 0 Å². The summed E-state index contributed by atoms with van der Waals surface area (Å²) in [4.78, 5) is 19.4. The van der Waals surface area contributed by atoms with Crippen molar-refractivity contribution >= 4 is 11.6 Å². The zero-order valence-corrected chi connectivity index (χ0v) is 15.8. The van der Waals surface area contributed by atoms with E-state index in [2.05, 4.69) is 5.16 Å². The maximum Gasteiger partial charge on any atom is 0.222 e. The molecule has 1 aliphatic heterocycles. The van der Waals surface area contributed by atoms with Gasteiger partial charge < -0.3 is 14.5 Å². The Balaban J connectivity index is 1.70. The molecule has 0 fully saturated rings. The number of ether oxygens (including phenoxy) is 1. The van der Waals surface area contributed by atoms with E-state index in [1.165, 1.54) is 17.0 Å². The monoisotopic (exact) mass is 388 g/mol. The zero-order valence-electron chi connectivity index (χ0n) is 15.8. The minimum Gasteiger partial charge on any atom is -0.496 e. The average molecular weight is 388 g/mol. The minimum absolute atomic E-state index is 0.0443. The lowest BCUT2D eigenvalue weighted by atomic mass is 10.0. The first-order valence-corrected chi connectivity index (χ1v) is 9.09. The molecule has 3 rings (SSSR count). The number of para-hydroxylation sites is 1. The highest BCUT2D eigenvalue weighted by atomic mass is 19.1. The van der Waals surface area contributed by atoms with E-state index in [1.807, 2.05) is 24.3 Å². The van der Waals surface area contributed by atoms with Crippen LogP contribution in [0.1, 0.15) is 30.9 Å². The van der Waals surface area contributed by atoms with Crippen LogP contribution in [0.2, 0.25) is 0 Å². The summed E-state index contributed by atoms with van der Waals surface area (Å²) in [6, 6.07) is 10.8. The van der Waals surface area contributed by atoms with Crippen molar-refractivity contribution in [3.8, 4) is 5.75 Å². The quantitative estimate of drug-likeness (QED) is 0.723. The van der Waals surface area contributed by atoms with Crippen LogP contribution >= 0.6 is 0 Å². The smallest absolute Gasteiger partial charge is 0.222 e. The number of rotatable bonds is 7. The number of amides is 1.